The van der Waals surface area contributed by atoms with E-state index < -0.39 is 11.9 Å². The highest BCUT2D eigenvalue weighted by Gasteiger charge is 2.22. The highest BCUT2D eigenvalue weighted by atomic mass is 16.4. The van der Waals surface area contributed by atoms with Gasteiger partial charge in [-0.3, -0.25) is 9.78 Å². The average Bonchev–Trinajstić information content (AvgIpc) is 2.37. The van der Waals surface area contributed by atoms with Crippen molar-refractivity contribution in [1.82, 2.24) is 15.2 Å². The van der Waals surface area contributed by atoms with Crippen LogP contribution in [0.1, 0.15) is 25.2 Å². The Morgan fingerprint density at radius 3 is 2.57 bits per heavy atom. The van der Waals surface area contributed by atoms with Crippen LogP contribution in [0.4, 0.5) is 4.79 Å². The first-order valence-electron chi connectivity index (χ1n) is 6.95. The van der Waals surface area contributed by atoms with Gasteiger partial charge in [0, 0.05) is 19.3 Å². The van der Waals surface area contributed by atoms with Crippen LogP contribution in [-0.4, -0.2) is 40.6 Å². The molecule has 1 heterocycles. The van der Waals surface area contributed by atoms with Gasteiger partial charge >= 0.3 is 12.0 Å². The molecule has 0 spiro atoms. The molecule has 0 aromatic carbocycles. The number of rotatable bonds is 6. The Hall–Kier alpha value is -2.11. The third-order valence-corrected chi connectivity index (χ3v) is 3.29. The molecule has 0 bridgehead atoms. The Kier molecular flexibility index (Phi) is 6.14. The summed E-state index contributed by atoms with van der Waals surface area (Å²) >= 11 is 0. The second-order valence-electron chi connectivity index (χ2n) is 5.50. The van der Waals surface area contributed by atoms with Crippen molar-refractivity contribution in [3.63, 3.8) is 0 Å². The number of aryl methyl sites for hydroxylation is 1. The van der Waals surface area contributed by atoms with Gasteiger partial charge in [-0.25, -0.2) is 4.79 Å². The van der Waals surface area contributed by atoms with E-state index in [1.807, 2.05) is 39.0 Å². The lowest BCUT2D eigenvalue weighted by molar-refractivity contribution is -0.142. The van der Waals surface area contributed by atoms with Gasteiger partial charge in [0.2, 0.25) is 0 Å². The summed E-state index contributed by atoms with van der Waals surface area (Å²) in [5, 5.41) is 11.7. The van der Waals surface area contributed by atoms with E-state index in [-0.39, 0.29) is 18.5 Å². The van der Waals surface area contributed by atoms with Crippen LogP contribution in [0.15, 0.2) is 18.2 Å². The van der Waals surface area contributed by atoms with Crippen LogP contribution in [-0.2, 0) is 11.3 Å². The van der Waals surface area contributed by atoms with Gasteiger partial charge < -0.3 is 15.3 Å². The maximum absolute atomic E-state index is 12.0. The molecular weight excluding hydrogens is 270 g/mol. The first-order valence-corrected chi connectivity index (χ1v) is 6.95. The summed E-state index contributed by atoms with van der Waals surface area (Å²) in [5.41, 5.74) is 1.69. The van der Waals surface area contributed by atoms with Crippen LogP contribution >= 0.6 is 0 Å². The van der Waals surface area contributed by atoms with Crippen molar-refractivity contribution < 1.29 is 14.7 Å². The van der Waals surface area contributed by atoms with E-state index in [9.17, 15) is 9.59 Å². The molecule has 0 fully saturated rings. The molecule has 1 unspecified atom stereocenters. The molecular formula is C15H23N3O3. The molecule has 0 aliphatic heterocycles. The molecule has 21 heavy (non-hydrogen) atoms. The minimum Gasteiger partial charge on any atom is -0.481 e. The maximum atomic E-state index is 12.0. The number of nitrogens with zero attached hydrogens (tertiary/aromatic N) is 2. The monoisotopic (exact) mass is 293 g/mol. The number of urea groups is 1. The molecule has 0 saturated carbocycles. The van der Waals surface area contributed by atoms with Crippen LogP contribution in [0, 0.1) is 18.8 Å². The van der Waals surface area contributed by atoms with E-state index in [1.54, 1.807) is 7.05 Å². The van der Waals surface area contributed by atoms with Crippen molar-refractivity contribution in [1.29, 1.82) is 0 Å². The number of aliphatic carboxylic acids is 1. The first kappa shape index (κ1) is 16.9. The summed E-state index contributed by atoms with van der Waals surface area (Å²) in [6, 6.07) is 5.34. The Bertz CT molecular complexity index is 503. The zero-order chi connectivity index (χ0) is 16.0. The minimum absolute atomic E-state index is 0.0356. The van der Waals surface area contributed by atoms with Crippen molar-refractivity contribution in [3.05, 3.63) is 29.6 Å². The van der Waals surface area contributed by atoms with Crippen molar-refractivity contribution in [2.75, 3.05) is 13.6 Å². The fraction of sp³-hybridized carbons (Fsp3) is 0.533. The Morgan fingerprint density at radius 2 is 2.05 bits per heavy atom. The van der Waals surface area contributed by atoms with Gasteiger partial charge in [-0.2, -0.15) is 0 Å². The lowest BCUT2D eigenvalue weighted by atomic mass is 9.96. The molecule has 1 aromatic heterocycles. The van der Waals surface area contributed by atoms with E-state index in [4.69, 9.17) is 5.11 Å². The summed E-state index contributed by atoms with van der Waals surface area (Å²) in [5.74, 6) is -1.51. The van der Waals surface area contributed by atoms with Crippen molar-refractivity contribution >= 4 is 12.0 Å². The summed E-state index contributed by atoms with van der Waals surface area (Å²) in [4.78, 5) is 28.9. The molecule has 2 amide bonds. The number of hydrogen-bond donors (Lipinski definition) is 2. The van der Waals surface area contributed by atoms with Crippen LogP contribution in [0.2, 0.25) is 0 Å². The quantitative estimate of drug-likeness (QED) is 0.839. The van der Waals surface area contributed by atoms with E-state index in [0.29, 0.717) is 6.54 Å². The molecule has 0 radical (unpaired) electrons. The van der Waals surface area contributed by atoms with Crippen molar-refractivity contribution in [3.8, 4) is 0 Å². The van der Waals surface area contributed by atoms with Gasteiger partial charge in [-0.1, -0.05) is 19.9 Å². The molecule has 2 N–H and O–H groups in total. The largest absolute Gasteiger partial charge is 0.481 e. The number of pyridine rings is 1. The number of hydrogen-bond acceptors (Lipinski definition) is 3. The number of carbonyl (C=O) groups is 2. The van der Waals surface area contributed by atoms with Crippen LogP contribution in [0.5, 0.6) is 0 Å². The molecule has 1 atom stereocenters. The smallest absolute Gasteiger partial charge is 0.317 e. The normalized spacial score (nSPS) is 12.0. The molecule has 1 aromatic rings. The van der Waals surface area contributed by atoms with E-state index >= 15 is 0 Å². The molecule has 6 nitrogen and oxygen atoms in total. The second-order valence-corrected chi connectivity index (χ2v) is 5.50. The van der Waals surface area contributed by atoms with Crippen LogP contribution in [0.25, 0.3) is 0 Å². The highest BCUT2D eigenvalue weighted by molar-refractivity contribution is 5.75. The lowest BCUT2D eigenvalue weighted by Crippen LogP contribution is -2.42. The standard InChI is InChI=1S/C15H23N3O3/c1-10(2)13(14(19)20)8-16-15(21)18(4)9-12-7-5-6-11(3)17-12/h5-7,10,13H,8-9H2,1-4H3,(H,16,21)(H,19,20). The van der Waals surface area contributed by atoms with Crippen LogP contribution < -0.4 is 5.32 Å². The van der Waals surface area contributed by atoms with Gasteiger partial charge in [-0.05, 0) is 25.0 Å². The summed E-state index contributed by atoms with van der Waals surface area (Å²) in [7, 11) is 1.66. The molecule has 6 heteroatoms. The minimum atomic E-state index is -0.895. The maximum Gasteiger partial charge on any atom is 0.317 e. The van der Waals surface area contributed by atoms with Gasteiger partial charge in [0.05, 0.1) is 18.2 Å². The number of carboxylic acid groups (broad SMARTS) is 1. The molecule has 0 aliphatic carbocycles. The predicted octanol–water partition coefficient (Wildman–Crippen LogP) is 1.89. The fourth-order valence-electron chi connectivity index (χ4n) is 1.94. The Labute approximate surface area is 125 Å². The molecule has 116 valence electrons. The summed E-state index contributed by atoms with van der Waals surface area (Å²) in [6.45, 7) is 6.05. The number of nitrogens with one attached hydrogen (secondary N) is 1. The second kappa shape index (κ2) is 7.61. The lowest BCUT2D eigenvalue weighted by Gasteiger charge is -2.21. The highest BCUT2D eigenvalue weighted by Crippen LogP contribution is 2.10. The number of carbonyl (C=O) groups excluding carboxylic acids is 1. The van der Waals surface area contributed by atoms with Crippen molar-refractivity contribution in [2.24, 2.45) is 11.8 Å². The fourth-order valence-corrected chi connectivity index (χ4v) is 1.94. The summed E-state index contributed by atoms with van der Waals surface area (Å²) in [6.07, 6.45) is 0. The topological polar surface area (TPSA) is 82.5 Å². The predicted molar refractivity (Wildman–Crippen MR) is 79.8 cm³/mol. The Balaban J connectivity index is 2.53. The third-order valence-electron chi connectivity index (χ3n) is 3.29. The first-order chi connectivity index (χ1) is 9.81. The van der Waals surface area contributed by atoms with Gasteiger partial charge in [-0.15, -0.1) is 0 Å². The van der Waals surface area contributed by atoms with E-state index in [1.165, 1.54) is 4.90 Å². The SMILES string of the molecule is Cc1cccc(CN(C)C(=O)NCC(C(=O)O)C(C)C)n1. The number of aromatic nitrogens is 1. The summed E-state index contributed by atoms with van der Waals surface area (Å²) < 4.78 is 0. The van der Waals surface area contributed by atoms with Gasteiger partial charge in [0.15, 0.2) is 0 Å². The number of amides is 2. The van der Waals surface area contributed by atoms with Crippen LogP contribution in [0.3, 0.4) is 0 Å². The third kappa shape index (κ3) is 5.41. The van der Waals surface area contributed by atoms with E-state index in [2.05, 4.69) is 10.3 Å². The van der Waals surface area contributed by atoms with Gasteiger partial charge in [0.25, 0.3) is 0 Å². The van der Waals surface area contributed by atoms with Crippen molar-refractivity contribution in [2.45, 2.75) is 27.3 Å². The molecule has 0 aliphatic rings. The zero-order valence-corrected chi connectivity index (χ0v) is 13.0. The van der Waals surface area contributed by atoms with Gasteiger partial charge in [0.1, 0.15) is 0 Å². The molecule has 1 rings (SSSR count). The zero-order valence-electron chi connectivity index (χ0n) is 13.0. The van der Waals surface area contributed by atoms with E-state index in [0.717, 1.165) is 11.4 Å². The number of carboxylic acids is 1. The molecule has 0 saturated heterocycles. The average molecular weight is 293 g/mol. The Morgan fingerprint density at radius 1 is 1.38 bits per heavy atom.